The molecule has 0 saturated carbocycles. The summed E-state index contributed by atoms with van der Waals surface area (Å²) < 4.78 is 5.29. The van der Waals surface area contributed by atoms with Crippen molar-refractivity contribution in [3.05, 3.63) is 0 Å². The molecule has 2 heteroatoms. The molecule has 1 fully saturated rings. The van der Waals surface area contributed by atoms with Gasteiger partial charge >= 0.3 is 0 Å². The van der Waals surface area contributed by atoms with Crippen LogP contribution < -0.4 is 0 Å². The van der Waals surface area contributed by atoms with E-state index in [1.165, 1.54) is 12.8 Å². The molecule has 1 saturated heterocycles. The Labute approximate surface area is 71.3 Å². The Morgan fingerprint density at radius 1 is 1.70 bits per heavy atom. The molecule has 60 valence electrons. The minimum absolute atomic E-state index is 0.812. The molecule has 1 heterocycles. The van der Waals surface area contributed by atoms with Crippen molar-refractivity contribution in [3.8, 4) is 0 Å². The van der Waals surface area contributed by atoms with Crippen LogP contribution >= 0.6 is 15.9 Å². The normalized spacial score (nSPS) is 28.8. The second-order valence-corrected chi connectivity index (χ2v) is 3.87. The lowest BCUT2D eigenvalue weighted by Gasteiger charge is -2.11. The molecular formula is C8H15BrO. The fourth-order valence-electron chi connectivity index (χ4n) is 1.40. The summed E-state index contributed by atoms with van der Waals surface area (Å²) in [4.78, 5) is 0. The topological polar surface area (TPSA) is 9.23 Å². The van der Waals surface area contributed by atoms with Crippen molar-refractivity contribution in [1.29, 1.82) is 0 Å². The molecule has 1 nitrogen and oxygen atoms in total. The van der Waals surface area contributed by atoms with Crippen LogP contribution in [0.15, 0.2) is 0 Å². The van der Waals surface area contributed by atoms with Crippen molar-refractivity contribution < 1.29 is 4.74 Å². The molecule has 0 radical (unpaired) electrons. The highest BCUT2D eigenvalue weighted by Gasteiger charge is 2.17. The molecule has 0 bridgehead atoms. The van der Waals surface area contributed by atoms with Gasteiger partial charge in [0.2, 0.25) is 0 Å². The van der Waals surface area contributed by atoms with Crippen LogP contribution in [0.1, 0.15) is 19.8 Å². The van der Waals surface area contributed by atoms with E-state index in [1.807, 2.05) is 0 Å². The number of halogens is 1. The summed E-state index contributed by atoms with van der Waals surface area (Å²) >= 11 is 3.48. The zero-order valence-corrected chi connectivity index (χ0v) is 8.06. The second-order valence-electron chi connectivity index (χ2n) is 3.22. The Morgan fingerprint density at radius 3 is 3.00 bits per heavy atom. The second kappa shape index (κ2) is 4.35. The van der Waals surface area contributed by atoms with Gasteiger partial charge in [0.25, 0.3) is 0 Å². The maximum absolute atomic E-state index is 5.29. The minimum atomic E-state index is 0.812. The fourth-order valence-corrected chi connectivity index (χ4v) is 1.67. The minimum Gasteiger partial charge on any atom is -0.381 e. The van der Waals surface area contributed by atoms with E-state index in [1.54, 1.807) is 0 Å². The molecule has 0 amide bonds. The van der Waals surface area contributed by atoms with Crippen LogP contribution in [0.25, 0.3) is 0 Å². The highest BCUT2D eigenvalue weighted by atomic mass is 79.9. The van der Waals surface area contributed by atoms with E-state index in [9.17, 15) is 0 Å². The average Bonchev–Trinajstić information content (AvgIpc) is 2.40. The highest BCUT2D eigenvalue weighted by Crippen LogP contribution is 2.21. The first-order valence-corrected chi connectivity index (χ1v) is 5.08. The third kappa shape index (κ3) is 2.59. The predicted octanol–water partition coefficient (Wildman–Crippen LogP) is 2.44. The lowest BCUT2D eigenvalue weighted by atomic mass is 9.97. The van der Waals surface area contributed by atoms with Gasteiger partial charge in [-0.2, -0.15) is 0 Å². The van der Waals surface area contributed by atoms with Gasteiger partial charge < -0.3 is 4.74 Å². The first-order chi connectivity index (χ1) is 4.83. The van der Waals surface area contributed by atoms with Crippen LogP contribution in [0, 0.1) is 11.8 Å². The van der Waals surface area contributed by atoms with E-state index in [0.29, 0.717) is 0 Å². The van der Waals surface area contributed by atoms with E-state index < -0.39 is 0 Å². The Balaban J connectivity index is 2.11. The molecule has 1 aliphatic heterocycles. The lowest BCUT2D eigenvalue weighted by Crippen LogP contribution is -2.06. The predicted molar refractivity (Wildman–Crippen MR) is 46.5 cm³/mol. The Bertz CT molecular complexity index is 89.3. The van der Waals surface area contributed by atoms with E-state index in [4.69, 9.17) is 4.74 Å². The average molecular weight is 207 g/mol. The van der Waals surface area contributed by atoms with Crippen LogP contribution in [0.3, 0.4) is 0 Å². The van der Waals surface area contributed by atoms with Gasteiger partial charge in [-0.05, 0) is 24.7 Å². The number of ether oxygens (including phenoxy) is 1. The van der Waals surface area contributed by atoms with E-state index in [-0.39, 0.29) is 0 Å². The highest BCUT2D eigenvalue weighted by molar-refractivity contribution is 9.09. The summed E-state index contributed by atoms with van der Waals surface area (Å²) in [6, 6.07) is 0. The fraction of sp³-hybridized carbons (Fsp3) is 1.00. The molecule has 1 aliphatic rings. The van der Waals surface area contributed by atoms with Crippen LogP contribution in [0.4, 0.5) is 0 Å². The molecule has 10 heavy (non-hydrogen) atoms. The third-order valence-corrected chi connectivity index (χ3v) is 3.13. The molecule has 0 N–H and O–H groups in total. The van der Waals surface area contributed by atoms with Gasteiger partial charge in [0.05, 0.1) is 0 Å². The molecule has 0 spiro atoms. The summed E-state index contributed by atoms with van der Waals surface area (Å²) in [7, 11) is 0. The van der Waals surface area contributed by atoms with E-state index in [0.717, 1.165) is 30.4 Å². The summed E-state index contributed by atoms with van der Waals surface area (Å²) in [6.07, 6.45) is 2.60. The van der Waals surface area contributed by atoms with Crippen molar-refractivity contribution >= 4 is 15.9 Å². The van der Waals surface area contributed by atoms with Gasteiger partial charge in [0, 0.05) is 18.5 Å². The molecule has 0 aliphatic carbocycles. The zero-order valence-electron chi connectivity index (χ0n) is 6.48. The summed E-state index contributed by atoms with van der Waals surface area (Å²) in [6.45, 7) is 4.27. The van der Waals surface area contributed by atoms with Crippen molar-refractivity contribution in [1.82, 2.24) is 0 Å². The van der Waals surface area contributed by atoms with Gasteiger partial charge in [-0.25, -0.2) is 0 Å². The van der Waals surface area contributed by atoms with Crippen molar-refractivity contribution in [2.45, 2.75) is 19.8 Å². The Kier molecular flexibility index (Phi) is 3.71. The van der Waals surface area contributed by atoms with Gasteiger partial charge in [0.1, 0.15) is 0 Å². The summed E-state index contributed by atoms with van der Waals surface area (Å²) in [5.41, 5.74) is 0. The van der Waals surface area contributed by atoms with Gasteiger partial charge in [-0.1, -0.05) is 22.9 Å². The van der Waals surface area contributed by atoms with Gasteiger partial charge in [-0.3, -0.25) is 0 Å². The molecule has 2 atom stereocenters. The molecule has 0 aromatic carbocycles. The SMILES string of the molecule is CC(CBr)CC1CCOC1. The maximum atomic E-state index is 5.29. The van der Waals surface area contributed by atoms with Crippen molar-refractivity contribution in [2.75, 3.05) is 18.5 Å². The first kappa shape index (κ1) is 8.54. The third-order valence-electron chi connectivity index (χ3n) is 2.02. The number of alkyl halides is 1. The number of hydrogen-bond donors (Lipinski definition) is 0. The maximum Gasteiger partial charge on any atom is 0.0495 e. The summed E-state index contributed by atoms with van der Waals surface area (Å²) in [5.74, 6) is 1.65. The van der Waals surface area contributed by atoms with Crippen LogP contribution in [-0.2, 0) is 4.74 Å². The molecule has 0 aromatic rings. The standard InChI is InChI=1S/C8H15BrO/c1-7(5-9)4-8-2-3-10-6-8/h7-8H,2-6H2,1H3. The molecule has 2 unspecified atom stereocenters. The van der Waals surface area contributed by atoms with Crippen LogP contribution in [-0.4, -0.2) is 18.5 Å². The van der Waals surface area contributed by atoms with Crippen molar-refractivity contribution in [3.63, 3.8) is 0 Å². The van der Waals surface area contributed by atoms with Crippen LogP contribution in [0.5, 0.6) is 0 Å². The first-order valence-electron chi connectivity index (χ1n) is 3.96. The molecule has 0 aromatic heterocycles. The zero-order chi connectivity index (χ0) is 7.40. The molecule has 1 rings (SSSR count). The van der Waals surface area contributed by atoms with Crippen molar-refractivity contribution in [2.24, 2.45) is 11.8 Å². The lowest BCUT2D eigenvalue weighted by molar-refractivity contribution is 0.181. The van der Waals surface area contributed by atoms with E-state index in [2.05, 4.69) is 22.9 Å². The Hall–Kier alpha value is 0.440. The monoisotopic (exact) mass is 206 g/mol. The quantitative estimate of drug-likeness (QED) is 0.646. The van der Waals surface area contributed by atoms with Crippen LogP contribution in [0.2, 0.25) is 0 Å². The largest absolute Gasteiger partial charge is 0.381 e. The smallest absolute Gasteiger partial charge is 0.0495 e. The molecular weight excluding hydrogens is 192 g/mol. The number of rotatable bonds is 3. The van der Waals surface area contributed by atoms with E-state index >= 15 is 0 Å². The van der Waals surface area contributed by atoms with Gasteiger partial charge in [0.15, 0.2) is 0 Å². The summed E-state index contributed by atoms with van der Waals surface area (Å²) in [5, 5.41) is 1.13. The Morgan fingerprint density at radius 2 is 2.50 bits per heavy atom. The van der Waals surface area contributed by atoms with Gasteiger partial charge in [-0.15, -0.1) is 0 Å². The number of hydrogen-bond acceptors (Lipinski definition) is 1.